The molecule has 0 bridgehead atoms. The molecule has 0 atom stereocenters. The molecule has 0 aromatic heterocycles. The zero-order valence-corrected chi connectivity index (χ0v) is 9.32. The van der Waals surface area contributed by atoms with Crippen molar-refractivity contribution in [3.63, 3.8) is 0 Å². The maximum atomic E-state index is 8.83. The zero-order valence-electron chi connectivity index (χ0n) is 9.32. The fourth-order valence-corrected chi connectivity index (χ4v) is 1.59. The Labute approximate surface area is 91.5 Å². The molecule has 0 saturated carbocycles. The Morgan fingerprint density at radius 2 is 1.87 bits per heavy atom. The lowest BCUT2D eigenvalue weighted by atomic mass is 10.2. The van der Waals surface area contributed by atoms with E-state index in [0.29, 0.717) is 0 Å². The fraction of sp³-hybridized carbons (Fsp3) is 0.500. The molecular weight excluding hydrogens is 188 g/mol. The Morgan fingerprint density at radius 1 is 1.20 bits per heavy atom. The second kappa shape index (κ2) is 6.30. The average Bonchev–Trinajstić information content (AvgIpc) is 2.25. The van der Waals surface area contributed by atoms with Crippen molar-refractivity contribution in [3.8, 4) is 0 Å². The van der Waals surface area contributed by atoms with Crippen molar-refractivity contribution in [1.82, 2.24) is 0 Å². The number of nitrogen functional groups attached to an aromatic ring is 1. The summed E-state index contributed by atoms with van der Waals surface area (Å²) in [6.07, 6.45) is 1.92. The molecule has 0 radical (unpaired) electrons. The Kier molecular flexibility index (Phi) is 4.98. The molecule has 0 fully saturated rings. The van der Waals surface area contributed by atoms with E-state index in [-0.39, 0.29) is 6.61 Å². The van der Waals surface area contributed by atoms with E-state index in [0.717, 1.165) is 31.6 Å². The van der Waals surface area contributed by atoms with Crippen LogP contribution in [0.25, 0.3) is 0 Å². The topological polar surface area (TPSA) is 49.5 Å². The number of rotatable bonds is 6. The number of nitrogens with zero attached hydrogens (tertiary/aromatic N) is 1. The molecule has 0 aliphatic carbocycles. The standard InChI is InChI=1S/C12H20N2O/c1-2-8-14(9-3-10-15)12-6-4-11(13)5-7-12/h4-7,15H,2-3,8-10,13H2,1H3. The molecule has 0 saturated heterocycles. The molecule has 0 unspecified atom stereocenters. The molecule has 1 aromatic rings. The molecular formula is C12H20N2O. The first-order chi connectivity index (χ1) is 7.27. The quantitative estimate of drug-likeness (QED) is 0.702. The average molecular weight is 208 g/mol. The van der Waals surface area contributed by atoms with E-state index in [2.05, 4.69) is 11.8 Å². The molecule has 84 valence electrons. The van der Waals surface area contributed by atoms with Crippen LogP contribution in [-0.2, 0) is 0 Å². The molecule has 1 aromatic carbocycles. The summed E-state index contributed by atoms with van der Waals surface area (Å²) in [5, 5.41) is 8.83. The highest BCUT2D eigenvalue weighted by Gasteiger charge is 2.04. The van der Waals surface area contributed by atoms with Crippen LogP contribution < -0.4 is 10.6 Å². The molecule has 0 aliphatic rings. The van der Waals surface area contributed by atoms with Crippen LogP contribution in [0, 0.1) is 0 Å². The van der Waals surface area contributed by atoms with Gasteiger partial charge in [0.05, 0.1) is 0 Å². The zero-order chi connectivity index (χ0) is 11.1. The minimum atomic E-state index is 0.245. The van der Waals surface area contributed by atoms with E-state index in [4.69, 9.17) is 10.8 Å². The number of benzene rings is 1. The van der Waals surface area contributed by atoms with Crippen LogP contribution >= 0.6 is 0 Å². The van der Waals surface area contributed by atoms with Gasteiger partial charge in [0, 0.05) is 31.1 Å². The van der Waals surface area contributed by atoms with Gasteiger partial charge in [-0.25, -0.2) is 0 Å². The van der Waals surface area contributed by atoms with Crippen LogP contribution in [0.4, 0.5) is 11.4 Å². The first-order valence-corrected chi connectivity index (χ1v) is 5.49. The van der Waals surface area contributed by atoms with Gasteiger partial charge in [-0.05, 0) is 37.1 Å². The molecule has 15 heavy (non-hydrogen) atoms. The smallest absolute Gasteiger partial charge is 0.0447 e. The van der Waals surface area contributed by atoms with Gasteiger partial charge in [0.2, 0.25) is 0 Å². The van der Waals surface area contributed by atoms with Crippen LogP contribution in [0.15, 0.2) is 24.3 Å². The molecule has 0 spiro atoms. The van der Waals surface area contributed by atoms with Crippen molar-refractivity contribution in [1.29, 1.82) is 0 Å². The highest BCUT2D eigenvalue weighted by Crippen LogP contribution is 2.16. The van der Waals surface area contributed by atoms with Gasteiger partial charge in [0.15, 0.2) is 0 Å². The van der Waals surface area contributed by atoms with E-state index in [1.165, 1.54) is 5.69 Å². The summed E-state index contributed by atoms with van der Waals surface area (Å²) in [5.41, 5.74) is 7.61. The molecule has 0 aliphatic heterocycles. The van der Waals surface area contributed by atoms with Gasteiger partial charge in [-0.1, -0.05) is 6.92 Å². The third-order valence-corrected chi connectivity index (χ3v) is 2.34. The summed E-state index contributed by atoms with van der Waals surface area (Å²) in [6.45, 7) is 4.32. The van der Waals surface area contributed by atoms with Gasteiger partial charge in [0.1, 0.15) is 0 Å². The van der Waals surface area contributed by atoms with Crippen molar-refractivity contribution in [2.75, 3.05) is 30.3 Å². The van der Waals surface area contributed by atoms with E-state index < -0.39 is 0 Å². The second-order valence-corrected chi connectivity index (χ2v) is 3.66. The molecule has 0 amide bonds. The highest BCUT2D eigenvalue weighted by molar-refractivity contribution is 5.53. The summed E-state index contributed by atoms with van der Waals surface area (Å²) in [6, 6.07) is 7.89. The number of aliphatic hydroxyl groups excluding tert-OH is 1. The lowest BCUT2D eigenvalue weighted by Crippen LogP contribution is -2.25. The van der Waals surface area contributed by atoms with E-state index >= 15 is 0 Å². The number of hydrogen-bond donors (Lipinski definition) is 2. The minimum Gasteiger partial charge on any atom is -0.399 e. The normalized spacial score (nSPS) is 10.3. The SMILES string of the molecule is CCCN(CCCO)c1ccc(N)cc1. The summed E-state index contributed by atoms with van der Waals surface area (Å²) in [7, 11) is 0. The van der Waals surface area contributed by atoms with Crippen molar-refractivity contribution in [2.24, 2.45) is 0 Å². The summed E-state index contributed by atoms with van der Waals surface area (Å²) in [5.74, 6) is 0. The minimum absolute atomic E-state index is 0.245. The second-order valence-electron chi connectivity index (χ2n) is 3.66. The largest absolute Gasteiger partial charge is 0.399 e. The van der Waals surface area contributed by atoms with Gasteiger partial charge >= 0.3 is 0 Å². The summed E-state index contributed by atoms with van der Waals surface area (Å²) in [4.78, 5) is 2.27. The van der Waals surface area contributed by atoms with Gasteiger partial charge < -0.3 is 15.7 Å². The van der Waals surface area contributed by atoms with Crippen molar-refractivity contribution in [3.05, 3.63) is 24.3 Å². The maximum Gasteiger partial charge on any atom is 0.0447 e. The van der Waals surface area contributed by atoms with Crippen LogP contribution in [0.5, 0.6) is 0 Å². The highest BCUT2D eigenvalue weighted by atomic mass is 16.3. The predicted molar refractivity (Wildman–Crippen MR) is 65.1 cm³/mol. The monoisotopic (exact) mass is 208 g/mol. The first-order valence-electron chi connectivity index (χ1n) is 5.49. The van der Waals surface area contributed by atoms with Crippen LogP contribution in [0.3, 0.4) is 0 Å². The molecule has 1 rings (SSSR count). The molecule has 0 heterocycles. The van der Waals surface area contributed by atoms with Gasteiger partial charge in [-0.2, -0.15) is 0 Å². The number of hydrogen-bond acceptors (Lipinski definition) is 3. The summed E-state index contributed by atoms with van der Waals surface area (Å²) < 4.78 is 0. The Hall–Kier alpha value is -1.22. The van der Waals surface area contributed by atoms with Gasteiger partial charge in [-0.15, -0.1) is 0 Å². The van der Waals surface area contributed by atoms with E-state index in [1.54, 1.807) is 0 Å². The van der Waals surface area contributed by atoms with Gasteiger partial charge in [-0.3, -0.25) is 0 Å². The van der Waals surface area contributed by atoms with E-state index in [1.807, 2.05) is 24.3 Å². The fourth-order valence-electron chi connectivity index (χ4n) is 1.59. The van der Waals surface area contributed by atoms with Crippen LogP contribution in [0.1, 0.15) is 19.8 Å². The Morgan fingerprint density at radius 3 is 2.40 bits per heavy atom. The van der Waals surface area contributed by atoms with Gasteiger partial charge in [0.25, 0.3) is 0 Å². The molecule has 3 heteroatoms. The Balaban J connectivity index is 2.65. The number of aliphatic hydroxyl groups is 1. The van der Waals surface area contributed by atoms with E-state index in [9.17, 15) is 0 Å². The number of nitrogens with two attached hydrogens (primary N) is 1. The van der Waals surface area contributed by atoms with Crippen molar-refractivity contribution in [2.45, 2.75) is 19.8 Å². The number of anilines is 2. The third kappa shape index (κ3) is 3.80. The predicted octanol–water partition coefficient (Wildman–Crippen LogP) is 1.87. The summed E-state index contributed by atoms with van der Waals surface area (Å²) >= 11 is 0. The Bertz CT molecular complexity index is 271. The molecule has 3 N–H and O–H groups in total. The van der Waals surface area contributed by atoms with Crippen LogP contribution in [-0.4, -0.2) is 24.8 Å². The molecule has 3 nitrogen and oxygen atoms in total. The third-order valence-electron chi connectivity index (χ3n) is 2.34. The first kappa shape index (κ1) is 11.9. The van der Waals surface area contributed by atoms with Crippen LogP contribution in [0.2, 0.25) is 0 Å². The maximum absolute atomic E-state index is 8.83. The van der Waals surface area contributed by atoms with Crippen molar-refractivity contribution >= 4 is 11.4 Å². The lowest BCUT2D eigenvalue weighted by Gasteiger charge is -2.24. The van der Waals surface area contributed by atoms with Crippen molar-refractivity contribution < 1.29 is 5.11 Å². The lowest BCUT2D eigenvalue weighted by molar-refractivity contribution is 0.289.